The van der Waals surface area contributed by atoms with Crippen LogP contribution in [0.5, 0.6) is 0 Å². The Kier molecular flexibility index (Phi) is 5.52. The maximum atomic E-state index is 12.8. The van der Waals surface area contributed by atoms with E-state index in [1.54, 1.807) is 0 Å². The molecule has 2 heterocycles. The van der Waals surface area contributed by atoms with Gasteiger partial charge in [0.15, 0.2) is 5.82 Å². The summed E-state index contributed by atoms with van der Waals surface area (Å²) in [6, 6.07) is 18.9. The van der Waals surface area contributed by atoms with Crippen LogP contribution in [0, 0.1) is 6.92 Å². The number of aryl methyl sites for hydroxylation is 1. The first-order valence-electron chi connectivity index (χ1n) is 11.3. The van der Waals surface area contributed by atoms with E-state index in [1.165, 1.54) is 11.3 Å². The normalized spacial score (nSPS) is 17.5. The van der Waals surface area contributed by atoms with Crippen molar-refractivity contribution in [3.8, 4) is 11.3 Å². The van der Waals surface area contributed by atoms with Gasteiger partial charge in [0.25, 0.3) is 0 Å². The van der Waals surface area contributed by atoms with Gasteiger partial charge in [0.1, 0.15) is 0 Å². The molecule has 1 atom stereocenters. The van der Waals surface area contributed by atoms with Crippen molar-refractivity contribution in [2.75, 3.05) is 42.6 Å². The number of carbonyl (C=O) groups excluding carboxylic acids is 1. The average Bonchev–Trinajstić information content (AvgIpc) is 2.84. The third-order valence-electron chi connectivity index (χ3n) is 6.46. The third-order valence-corrected chi connectivity index (χ3v) is 6.46. The first-order chi connectivity index (χ1) is 15.6. The number of hydrogen-bond acceptors (Lipinski definition) is 6. The largest absolute Gasteiger partial charge is 0.466 e. The topological polar surface area (TPSA) is 58.6 Å². The monoisotopic (exact) mass is 428 g/mol. The van der Waals surface area contributed by atoms with Gasteiger partial charge in [-0.15, -0.1) is 10.2 Å². The maximum absolute atomic E-state index is 12.8. The molecule has 2 aliphatic rings. The van der Waals surface area contributed by atoms with Crippen LogP contribution in [-0.2, 0) is 16.0 Å². The lowest BCUT2D eigenvalue weighted by Crippen LogP contribution is -2.47. The number of ether oxygens (including phenoxy) is 1. The number of anilines is 2. The highest BCUT2D eigenvalue weighted by Gasteiger charge is 2.33. The van der Waals surface area contributed by atoms with Crippen molar-refractivity contribution in [2.45, 2.75) is 26.2 Å². The number of carbonyl (C=O) groups is 1. The standard InChI is InChI=1S/C26H28N4O2/c1-3-32-26(31)23-16-19-6-4-5-7-21(19)25-22(23)17-24(27-28-25)30-14-12-29(13-15-30)20-10-8-18(2)9-11-20/h4-11,17,23H,3,12-16H2,1-2H3. The van der Waals surface area contributed by atoms with Gasteiger partial charge in [-0.3, -0.25) is 4.79 Å². The van der Waals surface area contributed by atoms with Crippen LogP contribution in [0.3, 0.4) is 0 Å². The van der Waals surface area contributed by atoms with Crippen LogP contribution >= 0.6 is 0 Å². The van der Waals surface area contributed by atoms with Crippen LogP contribution in [0.4, 0.5) is 11.5 Å². The molecule has 0 bridgehead atoms. The average molecular weight is 429 g/mol. The minimum atomic E-state index is -0.344. The number of piperazine rings is 1. The molecule has 1 fully saturated rings. The zero-order valence-electron chi connectivity index (χ0n) is 18.6. The fourth-order valence-electron chi connectivity index (χ4n) is 4.69. The molecule has 1 unspecified atom stereocenters. The molecule has 3 aromatic rings. The van der Waals surface area contributed by atoms with Crippen molar-refractivity contribution in [2.24, 2.45) is 0 Å². The van der Waals surface area contributed by atoms with Crippen molar-refractivity contribution in [1.29, 1.82) is 0 Å². The van der Waals surface area contributed by atoms with Gasteiger partial charge in [-0.25, -0.2) is 0 Å². The lowest BCUT2D eigenvalue weighted by atomic mass is 9.81. The second kappa shape index (κ2) is 8.61. The Labute approximate surface area is 188 Å². The summed E-state index contributed by atoms with van der Waals surface area (Å²) < 4.78 is 5.40. The van der Waals surface area contributed by atoms with Crippen LogP contribution in [0.15, 0.2) is 54.6 Å². The molecular formula is C26H28N4O2. The number of fused-ring (bicyclic) bond motifs is 3. The van der Waals surface area contributed by atoms with Gasteiger partial charge in [0.2, 0.25) is 0 Å². The first kappa shape index (κ1) is 20.5. The van der Waals surface area contributed by atoms with Crippen molar-refractivity contribution in [1.82, 2.24) is 10.2 Å². The lowest BCUT2D eigenvalue weighted by molar-refractivity contribution is -0.145. The molecule has 2 aromatic carbocycles. The Bertz CT molecular complexity index is 1120. The van der Waals surface area contributed by atoms with Gasteiger partial charge < -0.3 is 14.5 Å². The van der Waals surface area contributed by atoms with E-state index in [0.29, 0.717) is 13.0 Å². The SMILES string of the molecule is CCOC(=O)C1Cc2ccccc2-c2nnc(N3CCN(c4ccc(C)cc4)CC3)cc21. The molecule has 6 heteroatoms. The van der Waals surface area contributed by atoms with Crippen molar-refractivity contribution < 1.29 is 9.53 Å². The summed E-state index contributed by atoms with van der Waals surface area (Å²) in [6.07, 6.45) is 0.633. The summed E-state index contributed by atoms with van der Waals surface area (Å²) in [5.74, 6) is 0.301. The molecular weight excluding hydrogens is 400 g/mol. The van der Waals surface area contributed by atoms with Crippen LogP contribution in [-0.4, -0.2) is 49.0 Å². The van der Waals surface area contributed by atoms with E-state index >= 15 is 0 Å². The molecule has 164 valence electrons. The molecule has 1 aliphatic heterocycles. The molecule has 0 radical (unpaired) electrons. The van der Waals surface area contributed by atoms with Crippen LogP contribution in [0.1, 0.15) is 29.5 Å². The zero-order chi connectivity index (χ0) is 22.1. The molecule has 0 saturated carbocycles. The fraction of sp³-hybridized carbons (Fsp3) is 0.346. The van der Waals surface area contributed by atoms with Crippen molar-refractivity contribution in [3.63, 3.8) is 0 Å². The molecule has 0 N–H and O–H groups in total. The number of hydrogen-bond donors (Lipinski definition) is 0. The minimum Gasteiger partial charge on any atom is -0.466 e. The maximum Gasteiger partial charge on any atom is 0.313 e. The Morgan fingerprint density at radius 3 is 2.47 bits per heavy atom. The first-order valence-corrected chi connectivity index (χ1v) is 11.3. The fourth-order valence-corrected chi connectivity index (χ4v) is 4.69. The van der Waals surface area contributed by atoms with Crippen molar-refractivity contribution in [3.05, 3.63) is 71.3 Å². The van der Waals surface area contributed by atoms with E-state index in [0.717, 1.165) is 54.4 Å². The Morgan fingerprint density at radius 1 is 1.00 bits per heavy atom. The van der Waals surface area contributed by atoms with E-state index in [-0.39, 0.29) is 11.9 Å². The highest BCUT2D eigenvalue weighted by Crippen LogP contribution is 2.40. The van der Waals surface area contributed by atoms with Gasteiger partial charge >= 0.3 is 5.97 Å². The Hall–Kier alpha value is -3.41. The van der Waals surface area contributed by atoms with Gasteiger partial charge in [0, 0.05) is 37.4 Å². The molecule has 1 aromatic heterocycles. The van der Waals surface area contributed by atoms with E-state index in [4.69, 9.17) is 4.74 Å². The van der Waals surface area contributed by atoms with E-state index in [1.807, 2.05) is 19.1 Å². The minimum absolute atomic E-state index is 0.189. The van der Waals surface area contributed by atoms with E-state index in [9.17, 15) is 4.79 Å². The highest BCUT2D eigenvalue weighted by atomic mass is 16.5. The molecule has 32 heavy (non-hydrogen) atoms. The Balaban J connectivity index is 1.40. The van der Waals surface area contributed by atoms with Gasteiger partial charge in [-0.1, -0.05) is 42.0 Å². The summed E-state index contributed by atoms with van der Waals surface area (Å²) in [7, 11) is 0. The summed E-state index contributed by atoms with van der Waals surface area (Å²) in [4.78, 5) is 17.5. The lowest BCUT2D eigenvalue weighted by Gasteiger charge is -2.37. The van der Waals surface area contributed by atoms with Gasteiger partial charge in [-0.2, -0.15) is 0 Å². The van der Waals surface area contributed by atoms with Crippen LogP contribution in [0.2, 0.25) is 0 Å². The summed E-state index contributed by atoms with van der Waals surface area (Å²) in [5, 5.41) is 9.17. The Morgan fingerprint density at radius 2 is 1.72 bits per heavy atom. The molecule has 5 rings (SSSR count). The quantitative estimate of drug-likeness (QED) is 0.586. The van der Waals surface area contributed by atoms with Crippen LogP contribution in [0.25, 0.3) is 11.3 Å². The summed E-state index contributed by atoms with van der Waals surface area (Å²) >= 11 is 0. The molecule has 1 saturated heterocycles. The van der Waals surface area contributed by atoms with Gasteiger partial charge in [0.05, 0.1) is 18.2 Å². The molecule has 1 aliphatic carbocycles. The predicted molar refractivity (Wildman–Crippen MR) is 126 cm³/mol. The molecule has 6 nitrogen and oxygen atoms in total. The number of nitrogens with zero attached hydrogens (tertiary/aromatic N) is 4. The van der Waals surface area contributed by atoms with Crippen molar-refractivity contribution >= 4 is 17.5 Å². The number of aromatic nitrogens is 2. The van der Waals surface area contributed by atoms with E-state index < -0.39 is 0 Å². The second-order valence-electron chi connectivity index (χ2n) is 8.48. The second-order valence-corrected chi connectivity index (χ2v) is 8.48. The number of rotatable bonds is 4. The molecule has 0 amide bonds. The highest BCUT2D eigenvalue weighted by molar-refractivity contribution is 5.85. The molecule has 0 spiro atoms. The zero-order valence-corrected chi connectivity index (χ0v) is 18.6. The predicted octanol–water partition coefficient (Wildman–Crippen LogP) is 3.98. The summed E-state index contributed by atoms with van der Waals surface area (Å²) in [5.41, 5.74) is 6.43. The van der Waals surface area contributed by atoms with E-state index in [2.05, 4.69) is 69.4 Å². The number of esters is 1. The smallest absolute Gasteiger partial charge is 0.313 e. The summed E-state index contributed by atoms with van der Waals surface area (Å²) in [6.45, 7) is 7.90. The van der Waals surface area contributed by atoms with Gasteiger partial charge in [-0.05, 0) is 49.6 Å². The third kappa shape index (κ3) is 3.81. The number of benzene rings is 2. The van der Waals surface area contributed by atoms with Crippen LogP contribution < -0.4 is 9.80 Å².